The van der Waals surface area contributed by atoms with Crippen LogP contribution in [0, 0.1) is 11.3 Å². The van der Waals surface area contributed by atoms with Crippen LogP contribution in [0.25, 0.3) is 6.08 Å². The van der Waals surface area contributed by atoms with Gasteiger partial charge < -0.3 is 10.2 Å². The van der Waals surface area contributed by atoms with Crippen molar-refractivity contribution >= 4 is 35.2 Å². The van der Waals surface area contributed by atoms with Crippen LogP contribution in [0.4, 0.5) is 5.69 Å². The summed E-state index contributed by atoms with van der Waals surface area (Å²) in [4.78, 5) is 26.5. The Morgan fingerprint density at radius 1 is 1.11 bits per heavy atom. The Kier molecular flexibility index (Phi) is 5.90. The predicted molar refractivity (Wildman–Crippen MR) is 105 cm³/mol. The van der Waals surface area contributed by atoms with E-state index in [0.717, 1.165) is 12.8 Å². The van der Waals surface area contributed by atoms with Crippen LogP contribution >= 0.6 is 11.6 Å². The van der Waals surface area contributed by atoms with E-state index in [0.29, 0.717) is 34.9 Å². The number of nitrogens with zero attached hydrogens (tertiary/aromatic N) is 2. The van der Waals surface area contributed by atoms with E-state index in [1.165, 1.54) is 0 Å². The van der Waals surface area contributed by atoms with Crippen molar-refractivity contribution in [2.24, 2.45) is 0 Å². The molecule has 5 nitrogen and oxygen atoms in total. The Hall–Kier alpha value is -3.10. The quantitative estimate of drug-likeness (QED) is 0.641. The molecule has 3 rings (SSSR count). The number of nitrogens with one attached hydrogen (secondary N) is 1. The lowest BCUT2D eigenvalue weighted by atomic mass is 10.1. The second kappa shape index (κ2) is 8.52. The van der Waals surface area contributed by atoms with Gasteiger partial charge in [-0.15, -0.1) is 0 Å². The summed E-state index contributed by atoms with van der Waals surface area (Å²) in [6.45, 7) is 1.37. The molecule has 6 heteroatoms. The van der Waals surface area contributed by atoms with E-state index in [2.05, 4.69) is 5.32 Å². The van der Waals surface area contributed by atoms with E-state index in [-0.39, 0.29) is 17.4 Å². The molecule has 0 bridgehead atoms. The number of carbonyl (C=O) groups excluding carboxylic acids is 2. The van der Waals surface area contributed by atoms with Crippen LogP contribution < -0.4 is 5.32 Å². The molecule has 0 saturated carbocycles. The first-order valence-corrected chi connectivity index (χ1v) is 9.03. The number of carbonyl (C=O) groups is 2. The zero-order valence-electron chi connectivity index (χ0n) is 14.6. The summed E-state index contributed by atoms with van der Waals surface area (Å²) in [7, 11) is 0. The Morgan fingerprint density at radius 2 is 1.85 bits per heavy atom. The van der Waals surface area contributed by atoms with Crippen molar-refractivity contribution in [1.29, 1.82) is 5.26 Å². The molecular weight excluding hydrogens is 362 g/mol. The van der Waals surface area contributed by atoms with E-state index < -0.39 is 0 Å². The molecule has 1 saturated heterocycles. The highest BCUT2D eigenvalue weighted by Crippen LogP contribution is 2.20. The fourth-order valence-corrected chi connectivity index (χ4v) is 3.17. The summed E-state index contributed by atoms with van der Waals surface area (Å²) >= 11 is 6.05. The van der Waals surface area contributed by atoms with Gasteiger partial charge in [-0.1, -0.05) is 35.9 Å². The van der Waals surface area contributed by atoms with Gasteiger partial charge in [-0.05, 0) is 48.7 Å². The lowest BCUT2D eigenvalue weighted by Gasteiger charge is -2.14. The van der Waals surface area contributed by atoms with Gasteiger partial charge in [0, 0.05) is 18.8 Å². The van der Waals surface area contributed by atoms with Gasteiger partial charge in [-0.3, -0.25) is 9.59 Å². The first-order chi connectivity index (χ1) is 13.1. The van der Waals surface area contributed by atoms with Gasteiger partial charge in [0.25, 0.3) is 11.8 Å². The van der Waals surface area contributed by atoms with Gasteiger partial charge in [0.1, 0.15) is 11.6 Å². The van der Waals surface area contributed by atoms with E-state index in [1.54, 1.807) is 59.5 Å². The lowest BCUT2D eigenvalue weighted by molar-refractivity contribution is -0.125. The van der Waals surface area contributed by atoms with Crippen molar-refractivity contribution in [3.8, 4) is 6.07 Å². The number of amides is 2. The van der Waals surface area contributed by atoms with Crippen LogP contribution in [0.2, 0.25) is 5.02 Å². The average Bonchev–Trinajstić information content (AvgIpc) is 3.21. The average molecular weight is 380 g/mol. The van der Waals surface area contributed by atoms with Gasteiger partial charge in [-0.25, -0.2) is 0 Å². The highest BCUT2D eigenvalue weighted by molar-refractivity contribution is 6.34. The Balaban J connectivity index is 1.78. The number of hydrogen-bond acceptors (Lipinski definition) is 3. The normalized spacial score (nSPS) is 13.9. The van der Waals surface area contributed by atoms with Gasteiger partial charge in [0.2, 0.25) is 0 Å². The summed E-state index contributed by atoms with van der Waals surface area (Å²) in [5, 5.41) is 12.5. The zero-order chi connectivity index (χ0) is 19.2. The number of anilines is 1. The molecule has 1 aliphatic heterocycles. The summed E-state index contributed by atoms with van der Waals surface area (Å²) in [6.07, 6.45) is 3.48. The second-order valence-corrected chi connectivity index (χ2v) is 6.64. The molecule has 2 aromatic rings. The molecule has 1 aliphatic rings. The molecule has 2 amide bonds. The van der Waals surface area contributed by atoms with E-state index in [9.17, 15) is 14.9 Å². The zero-order valence-corrected chi connectivity index (χ0v) is 15.4. The summed E-state index contributed by atoms with van der Waals surface area (Å²) in [6, 6.07) is 15.8. The molecule has 1 heterocycles. The second-order valence-electron chi connectivity index (χ2n) is 6.23. The molecular formula is C21H18ClN3O2. The third kappa shape index (κ3) is 4.55. The smallest absolute Gasteiger partial charge is 0.264 e. The molecule has 0 aliphatic carbocycles. The summed E-state index contributed by atoms with van der Waals surface area (Å²) in [5.74, 6) is -0.573. The molecule has 0 unspecified atom stereocenters. The predicted octanol–water partition coefficient (Wildman–Crippen LogP) is 4.12. The monoisotopic (exact) mass is 379 g/mol. The third-order valence-corrected chi connectivity index (χ3v) is 4.65. The number of hydrogen-bond donors (Lipinski definition) is 1. The maximum atomic E-state index is 12.4. The number of benzene rings is 2. The van der Waals surface area contributed by atoms with Crippen molar-refractivity contribution in [1.82, 2.24) is 4.90 Å². The van der Waals surface area contributed by atoms with Crippen molar-refractivity contribution in [2.45, 2.75) is 12.8 Å². The molecule has 0 atom stereocenters. The van der Waals surface area contributed by atoms with Gasteiger partial charge in [0.05, 0.1) is 10.6 Å². The minimum Gasteiger partial charge on any atom is -0.338 e. The minimum atomic E-state index is -0.324. The summed E-state index contributed by atoms with van der Waals surface area (Å²) < 4.78 is 0. The molecule has 1 fully saturated rings. The third-order valence-electron chi connectivity index (χ3n) is 4.32. The van der Waals surface area contributed by atoms with Crippen LogP contribution in [0.3, 0.4) is 0 Å². The highest BCUT2D eigenvalue weighted by atomic mass is 35.5. The van der Waals surface area contributed by atoms with Crippen LogP contribution in [-0.4, -0.2) is 29.8 Å². The molecule has 27 heavy (non-hydrogen) atoms. The van der Waals surface area contributed by atoms with Gasteiger partial charge >= 0.3 is 0 Å². The van der Waals surface area contributed by atoms with Crippen molar-refractivity contribution in [3.05, 3.63) is 70.3 Å². The largest absolute Gasteiger partial charge is 0.338 e. The van der Waals surface area contributed by atoms with E-state index in [4.69, 9.17) is 11.6 Å². The Labute approximate surface area is 162 Å². The topological polar surface area (TPSA) is 73.2 Å². The van der Waals surface area contributed by atoms with Crippen molar-refractivity contribution in [2.75, 3.05) is 18.4 Å². The maximum Gasteiger partial charge on any atom is 0.264 e. The molecule has 0 aromatic heterocycles. The number of likely N-dealkylation sites (tertiary alicyclic amines) is 1. The fourth-order valence-electron chi connectivity index (χ4n) is 2.95. The minimum absolute atomic E-state index is 0.0893. The maximum absolute atomic E-state index is 12.4. The van der Waals surface area contributed by atoms with E-state index in [1.807, 2.05) is 6.07 Å². The standard InChI is InChI=1S/C21H18ClN3O2/c22-19-9-2-1-8-18(19)20(26)24-17-7-5-6-15(13-17)12-16(14-23)21(27)25-10-3-4-11-25/h1-2,5-9,12-13H,3-4,10-11H2,(H,24,26)/b16-12+. The molecule has 1 N–H and O–H groups in total. The first kappa shape index (κ1) is 18.7. The van der Waals surface area contributed by atoms with E-state index >= 15 is 0 Å². The molecule has 136 valence electrons. The van der Waals surface area contributed by atoms with Crippen LogP contribution in [0.15, 0.2) is 54.1 Å². The van der Waals surface area contributed by atoms with Crippen molar-refractivity contribution < 1.29 is 9.59 Å². The molecule has 2 aromatic carbocycles. The molecule has 0 radical (unpaired) electrons. The van der Waals surface area contributed by atoms with Crippen molar-refractivity contribution in [3.63, 3.8) is 0 Å². The summed E-state index contributed by atoms with van der Waals surface area (Å²) in [5.41, 5.74) is 1.68. The molecule has 0 spiro atoms. The highest BCUT2D eigenvalue weighted by Gasteiger charge is 2.21. The fraction of sp³-hybridized carbons (Fsp3) is 0.190. The first-order valence-electron chi connectivity index (χ1n) is 8.65. The number of halogens is 1. The van der Waals surface area contributed by atoms with Crippen LogP contribution in [0.1, 0.15) is 28.8 Å². The van der Waals surface area contributed by atoms with Gasteiger partial charge in [0.15, 0.2) is 0 Å². The van der Waals surface area contributed by atoms with Gasteiger partial charge in [-0.2, -0.15) is 5.26 Å². The SMILES string of the molecule is N#C/C(=C\c1cccc(NC(=O)c2ccccc2Cl)c1)C(=O)N1CCCC1. The Bertz CT molecular complexity index is 940. The number of rotatable bonds is 4. The lowest BCUT2D eigenvalue weighted by Crippen LogP contribution is -2.28. The Morgan fingerprint density at radius 3 is 2.56 bits per heavy atom. The van der Waals surface area contributed by atoms with Crippen LogP contribution in [-0.2, 0) is 4.79 Å². The van der Waals surface area contributed by atoms with Crippen LogP contribution in [0.5, 0.6) is 0 Å². The number of nitriles is 1.